The van der Waals surface area contributed by atoms with Crippen molar-refractivity contribution < 1.29 is 4.79 Å². The molecule has 1 aromatic carbocycles. The molecule has 1 aliphatic rings. The van der Waals surface area contributed by atoms with Crippen LogP contribution < -0.4 is 10.2 Å². The lowest BCUT2D eigenvalue weighted by molar-refractivity contribution is -0.113. The summed E-state index contributed by atoms with van der Waals surface area (Å²) in [6, 6.07) is 11.9. The Labute approximate surface area is 180 Å². The highest BCUT2D eigenvalue weighted by atomic mass is 32.2. The molecular formula is C22H26N6OS. The van der Waals surface area contributed by atoms with Crippen molar-refractivity contribution in [3.8, 4) is 11.4 Å². The molecule has 3 heterocycles. The third-order valence-corrected chi connectivity index (χ3v) is 6.43. The van der Waals surface area contributed by atoms with E-state index in [1.165, 1.54) is 30.3 Å². The number of hydrogen-bond donors (Lipinski definition) is 1. The molecule has 3 aromatic rings. The number of aromatic nitrogens is 4. The Morgan fingerprint density at radius 1 is 1.10 bits per heavy atom. The maximum absolute atomic E-state index is 12.4. The van der Waals surface area contributed by atoms with Gasteiger partial charge >= 0.3 is 0 Å². The molecule has 1 amide bonds. The van der Waals surface area contributed by atoms with E-state index in [0.29, 0.717) is 5.16 Å². The number of amides is 1. The maximum atomic E-state index is 12.4. The Bertz CT molecular complexity index is 981. The first-order valence-corrected chi connectivity index (χ1v) is 11.2. The molecule has 0 unspecified atom stereocenters. The van der Waals surface area contributed by atoms with Crippen LogP contribution >= 0.6 is 11.8 Å². The zero-order valence-electron chi connectivity index (χ0n) is 17.3. The molecule has 0 aliphatic carbocycles. The molecule has 8 heteroatoms. The monoisotopic (exact) mass is 422 g/mol. The van der Waals surface area contributed by atoms with Crippen LogP contribution in [0.1, 0.15) is 19.8 Å². The number of hydrogen-bond acceptors (Lipinski definition) is 6. The second-order valence-electron chi connectivity index (χ2n) is 7.65. The molecule has 30 heavy (non-hydrogen) atoms. The van der Waals surface area contributed by atoms with E-state index in [1.54, 1.807) is 12.4 Å². The number of nitrogens with one attached hydrogen (secondary N) is 1. The Kier molecular flexibility index (Phi) is 6.32. The van der Waals surface area contributed by atoms with Gasteiger partial charge in [0.25, 0.3) is 0 Å². The average molecular weight is 423 g/mol. The van der Waals surface area contributed by atoms with Gasteiger partial charge in [-0.15, -0.1) is 10.2 Å². The van der Waals surface area contributed by atoms with Crippen LogP contribution in [0.3, 0.4) is 0 Å². The third-order valence-electron chi connectivity index (χ3n) is 5.41. The van der Waals surface area contributed by atoms with Gasteiger partial charge in [0.05, 0.1) is 5.75 Å². The number of carbonyl (C=O) groups is 1. The number of piperidine rings is 1. The second kappa shape index (κ2) is 9.30. The van der Waals surface area contributed by atoms with Gasteiger partial charge in [-0.1, -0.05) is 18.7 Å². The summed E-state index contributed by atoms with van der Waals surface area (Å²) < 4.78 is 1.89. The number of carbonyl (C=O) groups excluding carboxylic acids is 1. The van der Waals surface area contributed by atoms with Crippen molar-refractivity contribution in [1.29, 1.82) is 0 Å². The smallest absolute Gasteiger partial charge is 0.234 e. The summed E-state index contributed by atoms with van der Waals surface area (Å²) in [7, 11) is 1.90. The highest BCUT2D eigenvalue weighted by Crippen LogP contribution is 2.25. The van der Waals surface area contributed by atoms with Crippen molar-refractivity contribution in [3.63, 3.8) is 0 Å². The molecular weight excluding hydrogens is 396 g/mol. The maximum Gasteiger partial charge on any atom is 0.234 e. The van der Waals surface area contributed by atoms with Crippen LogP contribution in [0.4, 0.5) is 11.4 Å². The van der Waals surface area contributed by atoms with Crippen molar-refractivity contribution in [2.75, 3.05) is 29.1 Å². The Morgan fingerprint density at radius 2 is 1.80 bits per heavy atom. The third kappa shape index (κ3) is 4.81. The quantitative estimate of drug-likeness (QED) is 0.608. The Balaban J connectivity index is 1.31. The molecule has 1 fully saturated rings. The van der Waals surface area contributed by atoms with E-state index in [0.717, 1.165) is 36.1 Å². The molecule has 156 valence electrons. The Morgan fingerprint density at radius 3 is 2.50 bits per heavy atom. The first-order valence-electron chi connectivity index (χ1n) is 10.2. The summed E-state index contributed by atoms with van der Waals surface area (Å²) in [5.41, 5.74) is 2.97. The molecule has 1 N–H and O–H groups in total. The lowest BCUT2D eigenvalue weighted by Crippen LogP contribution is -2.32. The van der Waals surface area contributed by atoms with E-state index >= 15 is 0 Å². The van der Waals surface area contributed by atoms with Gasteiger partial charge in [-0.25, -0.2) is 0 Å². The van der Waals surface area contributed by atoms with Crippen LogP contribution in [0.5, 0.6) is 0 Å². The largest absolute Gasteiger partial charge is 0.372 e. The van der Waals surface area contributed by atoms with E-state index in [1.807, 2.05) is 35.9 Å². The van der Waals surface area contributed by atoms with E-state index in [9.17, 15) is 4.79 Å². The van der Waals surface area contributed by atoms with E-state index in [4.69, 9.17) is 0 Å². The van der Waals surface area contributed by atoms with Crippen molar-refractivity contribution in [1.82, 2.24) is 19.7 Å². The van der Waals surface area contributed by atoms with Gasteiger partial charge in [0.2, 0.25) is 5.91 Å². The van der Waals surface area contributed by atoms with Gasteiger partial charge in [-0.2, -0.15) is 0 Å². The lowest BCUT2D eigenvalue weighted by atomic mass is 9.99. The number of rotatable bonds is 6. The molecule has 2 aromatic heterocycles. The first-order chi connectivity index (χ1) is 14.6. The second-order valence-corrected chi connectivity index (χ2v) is 8.60. The minimum absolute atomic E-state index is 0.0620. The predicted octanol–water partition coefficient (Wildman–Crippen LogP) is 3.84. The fourth-order valence-electron chi connectivity index (χ4n) is 3.54. The highest BCUT2D eigenvalue weighted by Gasteiger charge is 2.16. The summed E-state index contributed by atoms with van der Waals surface area (Å²) in [5.74, 6) is 1.77. The van der Waals surface area contributed by atoms with E-state index in [2.05, 4.69) is 44.5 Å². The zero-order valence-corrected chi connectivity index (χ0v) is 18.1. The van der Waals surface area contributed by atoms with Crippen molar-refractivity contribution >= 4 is 29.0 Å². The van der Waals surface area contributed by atoms with Gasteiger partial charge in [0, 0.05) is 49.5 Å². The standard InChI is InChI=1S/C22H26N6OS/c1-16-9-13-28(14-10-16)19-5-3-18(4-6-19)24-20(29)15-30-22-26-25-21(27(22)2)17-7-11-23-12-8-17/h3-8,11-12,16H,9-10,13-15H2,1-2H3,(H,24,29). The molecule has 0 atom stereocenters. The fourth-order valence-corrected chi connectivity index (χ4v) is 4.25. The number of pyridine rings is 1. The van der Waals surface area contributed by atoms with E-state index in [-0.39, 0.29) is 11.7 Å². The number of anilines is 2. The lowest BCUT2D eigenvalue weighted by Gasteiger charge is -2.32. The molecule has 1 aliphatic heterocycles. The highest BCUT2D eigenvalue weighted by molar-refractivity contribution is 7.99. The van der Waals surface area contributed by atoms with Gasteiger partial charge in [0.15, 0.2) is 11.0 Å². The molecule has 0 bridgehead atoms. The van der Waals surface area contributed by atoms with E-state index < -0.39 is 0 Å². The SMILES string of the molecule is CC1CCN(c2ccc(NC(=O)CSc3nnc(-c4ccncc4)n3C)cc2)CC1. The zero-order chi connectivity index (χ0) is 20.9. The molecule has 0 spiro atoms. The average Bonchev–Trinajstić information content (AvgIpc) is 3.14. The van der Waals surface area contributed by atoms with Crippen LogP contribution in [-0.2, 0) is 11.8 Å². The minimum Gasteiger partial charge on any atom is -0.372 e. The van der Waals surface area contributed by atoms with Crippen LogP contribution in [-0.4, -0.2) is 44.5 Å². The summed E-state index contributed by atoms with van der Waals surface area (Å²) in [6.07, 6.45) is 5.92. The number of nitrogens with zero attached hydrogens (tertiary/aromatic N) is 5. The predicted molar refractivity (Wildman–Crippen MR) is 121 cm³/mol. The van der Waals surface area contributed by atoms with Crippen molar-refractivity contribution in [3.05, 3.63) is 48.8 Å². The fraction of sp³-hybridized carbons (Fsp3) is 0.364. The first kappa shape index (κ1) is 20.4. The van der Waals surface area contributed by atoms with Gasteiger partial charge in [-0.3, -0.25) is 9.78 Å². The van der Waals surface area contributed by atoms with Gasteiger partial charge in [-0.05, 0) is 55.2 Å². The number of benzene rings is 1. The molecule has 0 radical (unpaired) electrons. The van der Waals surface area contributed by atoms with Crippen molar-refractivity contribution in [2.45, 2.75) is 24.9 Å². The number of thioether (sulfide) groups is 1. The normalized spacial score (nSPS) is 14.7. The van der Waals surface area contributed by atoms with Crippen molar-refractivity contribution in [2.24, 2.45) is 13.0 Å². The van der Waals surface area contributed by atoms with Gasteiger partial charge in [0.1, 0.15) is 0 Å². The summed E-state index contributed by atoms with van der Waals surface area (Å²) >= 11 is 1.37. The van der Waals surface area contributed by atoms with Crippen LogP contribution in [0.2, 0.25) is 0 Å². The van der Waals surface area contributed by atoms with Gasteiger partial charge < -0.3 is 14.8 Å². The summed E-state index contributed by atoms with van der Waals surface area (Å²) in [5, 5.41) is 12.1. The van der Waals surface area contributed by atoms with Crippen LogP contribution in [0.15, 0.2) is 53.9 Å². The van der Waals surface area contributed by atoms with Crippen LogP contribution in [0, 0.1) is 5.92 Å². The molecule has 4 rings (SSSR count). The summed E-state index contributed by atoms with van der Waals surface area (Å²) in [6.45, 7) is 4.51. The topological polar surface area (TPSA) is 75.9 Å². The summed E-state index contributed by atoms with van der Waals surface area (Å²) in [4.78, 5) is 18.8. The van der Waals surface area contributed by atoms with Crippen LogP contribution in [0.25, 0.3) is 11.4 Å². The molecule has 0 saturated carbocycles. The Hall–Kier alpha value is -2.87. The minimum atomic E-state index is -0.0620. The molecule has 7 nitrogen and oxygen atoms in total. The molecule has 1 saturated heterocycles.